The molecule has 17 heavy (non-hydrogen) atoms. The molecule has 0 amide bonds. The highest BCUT2D eigenvalue weighted by Gasteiger charge is 2.29. The lowest BCUT2D eigenvalue weighted by Gasteiger charge is -2.33. The molecular formula is C13H26N2OS. The fourth-order valence-electron chi connectivity index (χ4n) is 1.79. The van der Waals surface area contributed by atoms with Gasteiger partial charge in [-0.05, 0) is 32.1 Å². The number of aliphatic imine (C=N–C) groups is 1. The van der Waals surface area contributed by atoms with Crippen LogP contribution in [0.3, 0.4) is 0 Å². The molecule has 1 heterocycles. The molecule has 0 saturated carbocycles. The van der Waals surface area contributed by atoms with E-state index in [0.29, 0.717) is 11.5 Å². The van der Waals surface area contributed by atoms with E-state index in [1.165, 1.54) is 18.6 Å². The van der Waals surface area contributed by atoms with Gasteiger partial charge in [-0.15, -0.1) is 0 Å². The van der Waals surface area contributed by atoms with E-state index in [4.69, 9.17) is 4.74 Å². The highest BCUT2D eigenvalue weighted by Crippen LogP contribution is 2.34. The molecule has 3 nitrogen and oxygen atoms in total. The number of nitrogens with one attached hydrogen (secondary N) is 1. The monoisotopic (exact) mass is 258 g/mol. The smallest absolute Gasteiger partial charge is 0.156 e. The van der Waals surface area contributed by atoms with Crippen molar-refractivity contribution in [2.75, 3.05) is 25.4 Å². The van der Waals surface area contributed by atoms with Gasteiger partial charge in [0, 0.05) is 18.8 Å². The quantitative estimate of drug-likeness (QED) is 0.744. The van der Waals surface area contributed by atoms with E-state index in [-0.39, 0.29) is 0 Å². The first-order valence-corrected chi connectivity index (χ1v) is 7.63. The van der Waals surface area contributed by atoms with Crippen LogP contribution in [0.2, 0.25) is 0 Å². The second-order valence-corrected chi connectivity index (χ2v) is 5.93. The third-order valence-electron chi connectivity index (χ3n) is 3.40. The molecule has 0 spiro atoms. The van der Waals surface area contributed by atoms with Gasteiger partial charge < -0.3 is 10.1 Å². The second kappa shape index (κ2) is 7.27. The van der Waals surface area contributed by atoms with Crippen molar-refractivity contribution in [3.63, 3.8) is 0 Å². The van der Waals surface area contributed by atoms with Crippen molar-refractivity contribution in [3.05, 3.63) is 0 Å². The topological polar surface area (TPSA) is 33.6 Å². The van der Waals surface area contributed by atoms with E-state index in [1.54, 1.807) is 0 Å². The lowest BCUT2D eigenvalue weighted by molar-refractivity contribution is 0.0831. The molecule has 0 aliphatic carbocycles. The number of hydrogen-bond donors (Lipinski definition) is 1. The van der Waals surface area contributed by atoms with Gasteiger partial charge in [0.2, 0.25) is 0 Å². The SMILES string of the molecule is CCC1(CC)CN=C(NCCOC(C)C)SC1. The van der Waals surface area contributed by atoms with Gasteiger partial charge in [0.1, 0.15) is 0 Å². The maximum Gasteiger partial charge on any atom is 0.156 e. The van der Waals surface area contributed by atoms with Crippen LogP contribution in [-0.2, 0) is 4.74 Å². The summed E-state index contributed by atoms with van der Waals surface area (Å²) in [5.41, 5.74) is 0.435. The van der Waals surface area contributed by atoms with Crippen LogP contribution >= 0.6 is 11.8 Å². The van der Waals surface area contributed by atoms with Crippen LogP contribution in [0, 0.1) is 5.41 Å². The normalized spacial score (nSPS) is 19.2. The predicted molar refractivity (Wildman–Crippen MR) is 76.9 cm³/mol. The summed E-state index contributed by atoms with van der Waals surface area (Å²) >= 11 is 1.86. The van der Waals surface area contributed by atoms with Crippen molar-refractivity contribution in [1.29, 1.82) is 0 Å². The minimum Gasteiger partial charge on any atom is -0.377 e. The van der Waals surface area contributed by atoms with Crippen LogP contribution < -0.4 is 5.32 Å². The Morgan fingerprint density at radius 1 is 1.41 bits per heavy atom. The Bertz CT molecular complexity index is 250. The third kappa shape index (κ3) is 4.88. The van der Waals surface area contributed by atoms with E-state index in [2.05, 4.69) is 38.0 Å². The van der Waals surface area contributed by atoms with Crippen LogP contribution in [0.15, 0.2) is 4.99 Å². The fourth-order valence-corrected chi connectivity index (χ4v) is 3.09. The van der Waals surface area contributed by atoms with E-state index in [0.717, 1.165) is 24.9 Å². The maximum atomic E-state index is 5.49. The summed E-state index contributed by atoms with van der Waals surface area (Å²) in [6.45, 7) is 11.2. The standard InChI is InChI=1S/C13H26N2OS/c1-5-13(6-2)9-15-12(17-10-13)14-7-8-16-11(3)4/h11H,5-10H2,1-4H3,(H,14,15). The van der Waals surface area contributed by atoms with Crippen LogP contribution in [0.25, 0.3) is 0 Å². The second-order valence-electron chi connectivity index (χ2n) is 4.96. The molecule has 1 aliphatic heterocycles. The first-order chi connectivity index (χ1) is 8.12. The number of hydrogen-bond acceptors (Lipinski definition) is 4. The van der Waals surface area contributed by atoms with E-state index in [9.17, 15) is 0 Å². The molecule has 1 aliphatic rings. The minimum absolute atomic E-state index is 0.311. The minimum atomic E-state index is 0.311. The van der Waals surface area contributed by atoms with Crippen molar-refractivity contribution in [1.82, 2.24) is 5.32 Å². The highest BCUT2D eigenvalue weighted by atomic mass is 32.2. The predicted octanol–water partition coefficient (Wildman–Crippen LogP) is 2.91. The molecule has 1 N–H and O–H groups in total. The molecule has 0 aromatic rings. The van der Waals surface area contributed by atoms with Crippen molar-refractivity contribution in [2.45, 2.75) is 46.6 Å². The van der Waals surface area contributed by atoms with E-state index < -0.39 is 0 Å². The molecule has 0 radical (unpaired) electrons. The van der Waals surface area contributed by atoms with Gasteiger partial charge in [-0.2, -0.15) is 0 Å². The number of ether oxygens (including phenoxy) is 1. The summed E-state index contributed by atoms with van der Waals surface area (Å²) < 4.78 is 5.49. The molecule has 100 valence electrons. The van der Waals surface area contributed by atoms with Crippen LogP contribution in [0.4, 0.5) is 0 Å². The molecule has 0 atom stereocenters. The summed E-state index contributed by atoms with van der Waals surface area (Å²) in [5, 5.41) is 4.44. The zero-order valence-electron chi connectivity index (χ0n) is 11.6. The van der Waals surface area contributed by atoms with Crippen LogP contribution in [0.5, 0.6) is 0 Å². The summed E-state index contributed by atoms with van der Waals surface area (Å²) in [7, 11) is 0. The lowest BCUT2D eigenvalue weighted by atomic mass is 9.84. The van der Waals surface area contributed by atoms with Crippen LogP contribution in [-0.4, -0.2) is 36.7 Å². The molecule has 0 fully saturated rings. The van der Waals surface area contributed by atoms with E-state index >= 15 is 0 Å². The summed E-state index contributed by atoms with van der Waals surface area (Å²) in [6.07, 6.45) is 2.76. The van der Waals surface area contributed by atoms with Crippen molar-refractivity contribution >= 4 is 16.9 Å². The highest BCUT2D eigenvalue weighted by molar-refractivity contribution is 8.13. The number of amidine groups is 1. The number of nitrogens with zero attached hydrogens (tertiary/aromatic N) is 1. The Morgan fingerprint density at radius 3 is 2.59 bits per heavy atom. The Hall–Kier alpha value is -0.220. The zero-order valence-corrected chi connectivity index (χ0v) is 12.4. The van der Waals surface area contributed by atoms with Gasteiger partial charge in [0.05, 0.1) is 12.7 Å². The maximum absolute atomic E-state index is 5.49. The van der Waals surface area contributed by atoms with Crippen LogP contribution in [0.1, 0.15) is 40.5 Å². The molecule has 0 aromatic carbocycles. The Morgan fingerprint density at radius 2 is 2.12 bits per heavy atom. The fraction of sp³-hybridized carbons (Fsp3) is 0.923. The Kier molecular flexibility index (Phi) is 6.34. The molecule has 0 bridgehead atoms. The molecule has 0 saturated heterocycles. The lowest BCUT2D eigenvalue weighted by Crippen LogP contribution is -2.35. The van der Waals surface area contributed by atoms with Crippen molar-refractivity contribution < 1.29 is 4.74 Å². The molecule has 0 unspecified atom stereocenters. The van der Waals surface area contributed by atoms with Gasteiger partial charge in [-0.1, -0.05) is 25.6 Å². The summed E-state index contributed by atoms with van der Waals surface area (Å²) in [6, 6.07) is 0. The Balaban J connectivity index is 2.26. The molecule has 1 rings (SSSR count). The largest absolute Gasteiger partial charge is 0.377 e. The number of thioether (sulfide) groups is 1. The Labute approximate surface area is 110 Å². The summed E-state index contributed by atoms with van der Waals surface area (Å²) in [5.74, 6) is 1.19. The molecular weight excluding hydrogens is 232 g/mol. The molecule has 4 heteroatoms. The van der Waals surface area contributed by atoms with E-state index in [1.807, 2.05) is 11.8 Å². The van der Waals surface area contributed by atoms with Gasteiger partial charge in [0.15, 0.2) is 5.17 Å². The molecule has 0 aromatic heterocycles. The van der Waals surface area contributed by atoms with Gasteiger partial charge in [-0.25, -0.2) is 0 Å². The average molecular weight is 258 g/mol. The van der Waals surface area contributed by atoms with Crippen molar-refractivity contribution in [2.24, 2.45) is 10.4 Å². The third-order valence-corrected chi connectivity index (χ3v) is 4.71. The average Bonchev–Trinajstić information content (AvgIpc) is 2.35. The number of rotatable bonds is 6. The van der Waals surface area contributed by atoms with Gasteiger partial charge in [-0.3, -0.25) is 4.99 Å². The first-order valence-electron chi connectivity index (χ1n) is 6.64. The zero-order chi connectivity index (χ0) is 12.7. The van der Waals surface area contributed by atoms with Crippen molar-refractivity contribution in [3.8, 4) is 0 Å². The van der Waals surface area contributed by atoms with Gasteiger partial charge >= 0.3 is 0 Å². The van der Waals surface area contributed by atoms with Gasteiger partial charge in [0.25, 0.3) is 0 Å². The first kappa shape index (κ1) is 14.8. The summed E-state index contributed by atoms with van der Waals surface area (Å²) in [4.78, 5) is 4.65.